The molecule has 16 heavy (non-hydrogen) atoms. The van der Waals surface area contributed by atoms with E-state index in [0.29, 0.717) is 19.5 Å². The van der Waals surface area contributed by atoms with Crippen LogP contribution in [0.5, 0.6) is 0 Å². The monoisotopic (exact) mass is 308 g/mol. The first-order valence-electron chi connectivity index (χ1n) is 5.19. The second-order valence-electron chi connectivity index (χ2n) is 3.49. The molecule has 4 nitrogen and oxygen atoms in total. The molecule has 1 radical (unpaired) electrons. The number of carbonyl (C=O) groups excluding carboxylic acids is 1. The summed E-state index contributed by atoms with van der Waals surface area (Å²) < 4.78 is 13.3. The van der Waals surface area contributed by atoms with Crippen molar-refractivity contribution in [1.29, 1.82) is 0 Å². The molecule has 0 saturated carbocycles. The van der Waals surface area contributed by atoms with E-state index in [-0.39, 0.29) is 45.2 Å². The van der Waals surface area contributed by atoms with Crippen LogP contribution >= 0.6 is 0 Å². The van der Waals surface area contributed by atoms with E-state index in [1.165, 1.54) is 7.05 Å². The molecule has 2 unspecified atom stereocenters. The fourth-order valence-electron chi connectivity index (χ4n) is 1.75. The summed E-state index contributed by atoms with van der Waals surface area (Å²) in [6, 6.07) is 0. The summed E-state index contributed by atoms with van der Waals surface area (Å²) >= 11 is 0. The quantitative estimate of drug-likeness (QED) is 0.785. The summed E-state index contributed by atoms with van der Waals surface area (Å²) in [5.74, 6) is -0.104. The molecule has 93 valence electrons. The van der Waals surface area contributed by atoms with E-state index in [1.807, 2.05) is 4.90 Å². The van der Waals surface area contributed by atoms with Gasteiger partial charge in [-0.25, -0.2) is 4.39 Å². The molecule has 1 fully saturated rings. The number of carbonyl (C=O) groups is 1. The fourth-order valence-corrected chi connectivity index (χ4v) is 1.75. The number of nitrogens with one attached hydrogen (secondary N) is 1. The minimum Gasteiger partial charge on any atom is -0.680 e. The van der Waals surface area contributed by atoms with Crippen LogP contribution in [-0.2, 0) is 37.5 Å². The fraction of sp³-hybridized carbons (Fsp3) is 0.900. The molecule has 0 aromatic carbocycles. The number of alkyl halides is 1. The topological polar surface area (TPSA) is 64.3 Å². The smallest absolute Gasteiger partial charge is 0.120 e. The minimum absolute atomic E-state index is 0. The number of rotatable bonds is 4. The number of aldehydes is 1. The van der Waals surface area contributed by atoms with E-state index in [2.05, 4.69) is 0 Å². The van der Waals surface area contributed by atoms with Gasteiger partial charge in [-0.05, 0) is 18.9 Å². The minimum atomic E-state index is -0.912. The van der Waals surface area contributed by atoms with E-state index >= 15 is 0 Å². The molecular weight excluding hydrogens is 288 g/mol. The van der Waals surface area contributed by atoms with Crippen molar-refractivity contribution in [3.63, 3.8) is 0 Å². The van der Waals surface area contributed by atoms with Crippen LogP contribution < -0.4 is 0 Å². The molecule has 1 saturated heterocycles. The average molecular weight is 308 g/mol. The Morgan fingerprint density at radius 3 is 2.62 bits per heavy atom. The van der Waals surface area contributed by atoms with Gasteiger partial charge in [0.15, 0.2) is 0 Å². The van der Waals surface area contributed by atoms with Crippen LogP contribution in [0.25, 0.3) is 5.73 Å². The molecule has 6 heteroatoms. The van der Waals surface area contributed by atoms with Crippen molar-refractivity contribution < 1.29 is 47.0 Å². The molecule has 1 aliphatic rings. The molecule has 1 rings (SSSR count). The van der Waals surface area contributed by atoms with Gasteiger partial charge in [0.2, 0.25) is 0 Å². The largest absolute Gasteiger partial charge is 0.680 e. The van der Waals surface area contributed by atoms with E-state index in [1.54, 1.807) is 0 Å². The Hall–Kier alpha value is 0.584. The van der Waals surface area contributed by atoms with Gasteiger partial charge in [0.25, 0.3) is 0 Å². The number of likely N-dealkylation sites (tertiary alicyclic amines) is 1. The van der Waals surface area contributed by atoms with Gasteiger partial charge in [0.1, 0.15) is 12.5 Å². The summed E-state index contributed by atoms with van der Waals surface area (Å²) in [5, 5.41) is 8.65. The third kappa shape index (κ3) is 7.02. The van der Waals surface area contributed by atoms with Gasteiger partial charge < -0.3 is 15.6 Å². The Balaban J connectivity index is 0. The number of β-amino-alcohol motifs (C(OH)–C–C–N with tert-alkyl or cyclic N) is 1. The van der Waals surface area contributed by atoms with E-state index in [4.69, 9.17) is 10.8 Å². The molecule has 2 N–H and O–H groups in total. The maximum absolute atomic E-state index is 13.3. The Morgan fingerprint density at radius 2 is 2.19 bits per heavy atom. The number of nitrogens with zero attached hydrogens (tertiary/aromatic N) is 1. The van der Waals surface area contributed by atoms with Crippen LogP contribution in [0.4, 0.5) is 4.39 Å². The number of hydrogen-bond acceptors (Lipinski definition) is 3. The van der Waals surface area contributed by atoms with Gasteiger partial charge in [-0.3, -0.25) is 4.90 Å². The zero-order chi connectivity index (χ0) is 11.7. The van der Waals surface area contributed by atoms with Gasteiger partial charge in [0.05, 0.1) is 6.61 Å². The predicted molar refractivity (Wildman–Crippen MR) is 57.5 cm³/mol. The summed E-state index contributed by atoms with van der Waals surface area (Å²) in [6.45, 7) is 1.76. The zero-order valence-electron chi connectivity index (χ0n) is 9.73. The molecule has 1 heterocycles. The summed E-state index contributed by atoms with van der Waals surface area (Å²) in [6.07, 6.45) is 0.929. The van der Waals surface area contributed by atoms with Gasteiger partial charge >= 0.3 is 0 Å². The maximum atomic E-state index is 13.3. The first-order valence-corrected chi connectivity index (χ1v) is 5.19. The third-order valence-corrected chi connectivity index (χ3v) is 2.58. The third-order valence-electron chi connectivity index (χ3n) is 2.58. The molecule has 0 aromatic heterocycles. The van der Waals surface area contributed by atoms with Crippen LogP contribution in [-0.4, -0.2) is 55.8 Å². The van der Waals surface area contributed by atoms with Crippen molar-refractivity contribution >= 4 is 6.29 Å². The Kier molecular flexibility index (Phi) is 14.3. The Labute approximate surface area is 122 Å². The van der Waals surface area contributed by atoms with Crippen molar-refractivity contribution in [3.05, 3.63) is 5.73 Å². The van der Waals surface area contributed by atoms with Crippen LogP contribution in [0.15, 0.2) is 0 Å². The van der Waals surface area contributed by atoms with Crippen molar-refractivity contribution in [2.24, 2.45) is 5.92 Å². The summed E-state index contributed by atoms with van der Waals surface area (Å²) in [5.41, 5.74) is 5.75. The first-order chi connectivity index (χ1) is 7.27. The summed E-state index contributed by atoms with van der Waals surface area (Å²) in [7, 11) is 1.25. The Bertz CT molecular complexity index is 175. The van der Waals surface area contributed by atoms with Crippen LogP contribution in [0.2, 0.25) is 0 Å². The van der Waals surface area contributed by atoms with Crippen molar-refractivity contribution in [2.75, 3.05) is 33.3 Å². The van der Waals surface area contributed by atoms with Crippen molar-refractivity contribution in [2.45, 2.75) is 19.0 Å². The van der Waals surface area contributed by atoms with Gasteiger partial charge in [-0.15, -0.1) is 0 Å². The molecule has 0 amide bonds. The van der Waals surface area contributed by atoms with Crippen LogP contribution in [0.3, 0.4) is 0 Å². The predicted octanol–water partition coefficient (Wildman–Crippen LogP) is 0.894. The van der Waals surface area contributed by atoms with E-state index in [9.17, 15) is 9.18 Å². The molecule has 1 aliphatic heterocycles. The average Bonchev–Trinajstić information content (AvgIpc) is 2.26. The van der Waals surface area contributed by atoms with Crippen molar-refractivity contribution in [1.82, 2.24) is 4.90 Å². The second kappa shape index (κ2) is 12.1. The number of hydrogen-bond donors (Lipinski definition) is 1. The normalized spacial score (nSPS) is 25.0. The molecule has 0 bridgehead atoms. The number of piperidine rings is 1. The zero-order valence-corrected chi connectivity index (χ0v) is 12.6. The van der Waals surface area contributed by atoms with Crippen LogP contribution in [0, 0.1) is 5.92 Å². The number of aliphatic hydroxyl groups is 1. The number of halogens is 1. The van der Waals surface area contributed by atoms with Gasteiger partial charge in [-0.2, -0.15) is 7.05 Å². The Morgan fingerprint density at radius 1 is 1.56 bits per heavy atom. The molecule has 0 spiro atoms. The molecule has 2 atom stereocenters. The van der Waals surface area contributed by atoms with E-state index < -0.39 is 6.17 Å². The van der Waals surface area contributed by atoms with Crippen molar-refractivity contribution in [3.8, 4) is 0 Å². The van der Waals surface area contributed by atoms with Gasteiger partial charge in [-0.1, -0.05) is 0 Å². The standard InChI is InChI=1S/C9H16FNO2.CH4N.Y/c10-9-7-11(4-6-13)3-1-8(9)2-5-12;1-2;/h5,8-9,13H,1-4,6-7H2;2H,1H3;/q;-1;. The van der Waals surface area contributed by atoms with Crippen LogP contribution in [0.1, 0.15) is 12.8 Å². The molecule has 0 aliphatic carbocycles. The summed E-state index contributed by atoms with van der Waals surface area (Å²) in [4.78, 5) is 12.1. The number of aliphatic hydroxyl groups excluding tert-OH is 1. The van der Waals surface area contributed by atoms with E-state index in [0.717, 1.165) is 19.3 Å². The maximum Gasteiger partial charge on any atom is 0.120 e. The molecule has 0 aromatic rings. The SMILES string of the molecule is C[NH-].O=CCC1CCN(CCO)CC1F.[Y]. The second-order valence-corrected chi connectivity index (χ2v) is 3.49. The first kappa shape index (κ1) is 18.9. The van der Waals surface area contributed by atoms with Gasteiger partial charge in [0, 0.05) is 52.2 Å². The molecular formula is C10H20FN2O2Y-.